The molecule has 0 N–H and O–H groups in total. The standard InChI is InChI=1S/C16H21NO4/c1-11-4-5-12(2)14(10-11)16(19)21-13(3)15(18)17-6-8-20-9-7-17/h4-5,10,13H,6-9H2,1-3H3. The van der Waals surface area contributed by atoms with E-state index in [1.165, 1.54) is 0 Å². The highest BCUT2D eigenvalue weighted by Crippen LogP contribution is 2.14. The van der Waals surface area contributed by atoms with Crippen molar-refractivity contribution in [1.82, 2.24) is 4.90 Å². The SMILES string of the molecule is Cc1ccc(C)c(C(=O)OC(C)C(=O)N2CCOCC2)c1. The third-order valence-corrected chi connectivity index (χ3v) is 3.57. The number of carbonyl (C=O) groups excluding carboxylic acids is 2. The van der Waals surface area contributed by atoms with Crippen LogP contribution in [0.3, 0.4) is 0 Å². The van der Waals surface area contributed by atoms with E-state index in [0.29, 0.717) is 31.9 Å². The number of aryl methyl sites for hydroxylation is 2. The van der Waals surface area contributed by atoms with Crippen LogP contribution in [0.25, 0.3) is 0 Å². The van der Waals surface area contributed by atoms with E-state index in [1.807, 2.05) is 26.0 Å². The van der Waals surface area contributed by atoms with Gasteiger partial charge in [0.1, 0.15) is 0 Å². The lowest BCUT2D eigenvalue weighted by Gasteiger charge is -2.29. The zero-order valence-corrected chi connectivity index (χ0v) is 12.7. The fourth-order valence-electron chi connectivity index (χ4n) is 2.27. The van der Waals surface area contributed by atoms with Gasteiger partial charge < -0.3 is 14.4 Å². The van der Waals surface area contributed by atoms with E-state index in [9.17, 15) is 9.59 Å². The van der Waals surface area contributed by atoms with Gasteiger partial charge in [0.15, 0.2) is 6.10 Å². The Kier molecular flexibility index (Phi) is 4.96. The molecule has 0 aromatic heterocycles. The molecule has 0 bridgehead atoms. The quantitative estimate of drug-likeness (QED) is 0.796. The number of nitrogens with zero attached hydrogens (tertiary/aromatic N) is 1. The first-order valence-corrected chi connectivity index (χ1v) is 7.14. The van der Waals surface area contributed by atoms with Gasteiger partial charge in [-0.25, -0.2) is 4.79 Å². The molecule has 1 aromatic rings. The molecule has 1 aromatic carbocycles. The Bertz CT molecular complexity index is 535. The molecule has 0 aliphatic carbocycles. The van der Waals surface area contributed by atoms with Gasteiger partial charge in [-0.15, -0.1) is 0 Å². The van der Waals surface area contributed by atoms with Crippen LogP contribution in [0, 0.1) is 13.8 Å². The number of benzene rings is 1. The van der Waals surface area contributed by atoms with Gasteiger partial charge in [-0.2, -0.15) is 0 Å². The zero-order chi connectivity index (χ0) is 15.4. The third-order valence-electron chi connectivity index (χ3n) is 3.57. The van der Waals surface area contributed by atoms with Crippen LogP contribution in [0.5, 0.6) is 0 Å². The molecule has 0 radical (unpaired) electrons. The fourth-order valence-corrected chi connectivity index (χ4v) is 2.27. The minimum absolute atomic E-state index is 0.169. The van der Waals surface area contributed by atoms with E-state index in [4.69, 9.17) is 9.47 Å². The summed E-state index contributed by atoms with van der Waals surface area (Å²) < 4.78 is 10.5. The second-order valence-electron chi connectivity index (χ2n) is 5.30. The molecule has 0 saturated carbocycles. The van der Waals surface area contributed by atoms with E-state index in [1.54, 1.807) is 17.9 Å². The maximum absolute atomic E-state index is 12.2. The van der Waals surface area contributed by atoms with E-state index in [2.05, 4.69) is 0 Å². The number of amides is 1. The normalized spacial score (nSPS) is 16.4. The van der Waals surface area contributed by atoms with Crippen LogP contribution in [-0.4, -0.2) is 49.2 Å². The van der Waals surface area contributed by atoms with Crippen molar-refractivity contribution >= 4 is 11.9 Å². The summed E-state index contributed by atoms with van der Waals surface area (Å²) in [6.07, 6.45) is -0.782. The molecule has 2 rings (SSSR count). The minimum atomic E-state index is -0.782. The lowest BCUT2D eigenvalue weighted by molar-refractivity contribution is -0.143. The molecule has 1 amide bonds. The van der Waals surface area contributed by atoms with E-state index in [0.717, 1.165) is 11.1 Å². The Morgan fingerprint density at radius 3 is 2.57 bits per heavy atom. The Labute approximate surface area is 124 Å². The predicted octanol–water partition coefficient (Wildman–Crippen LogP) is 1.71. The molecule has 1 aliphatic heterocycles. The van der Waals surface area contributed by atoms with Gasteiger partial charge in [0.25, 0.3) is 5.91 Å². The number of rotatable bonds is 3. The summed E-state index contributed by atoms with van der Waals surface area (Å²) in [6, 6.07) is 5.60. The number of hydrogen-bond acceptors (Lipinski definition) is 4. The molecule has 5 heteroatoms. The maximum atomic E-state index is 12.2. The first-order chi connectivity index (χ1) is 9.99. The van der Waals surface area contributed by atoms with Crippen molar-refractivity contribution in [2.45, 2.75) is 26.9 Å². The van der Waals surface area contributed by atoms with Crippen molar-refractivity contribution < 1.29 is 19.1 Å². The van der Waals surface area contributed by atoms with Gasteiger partial charge >= 0.3 is 5.97 Å². The van der Waals surface area contributed by atoms with Crippen molar-refractivity contribution in [3.05, 3.63) is 34.9 Å². The Morgan fingerprint density at radius 1 is 1.24 bits per heavy atom. The molecule has 1 heterocycles. The molecule has 114 valence electrons. The monoisotopic (exact) mass is 291 g/mol. The zero-order valence-electron chi connectivity index (χ0n) is 12.7. The molecule has 1 saturated heterocycles. The molecular weight excluding hydrogens is 270 g/mol. The highest BCUT2D eigenvalue weighted by atomic mass is 16.5. The Hall–Kier alpha value is -1.88. The number of hydrogen-bond donors (Lipinski definition) is 0. The number of carbonyl (C=O) groups is 2. The van der Waals surface area contributed by atoms with E-state index in [-0.39, 0.29) is 5.91 Å². The average molecular weight is 291 g/mol. The van der Waals surface area contributed by atoms with Gasteiger partial charge in [-0.3, -0.25) is 4.79 Å². The minimum Gasteiger partial charge on any atom is -0.449 e. The van der Waals surface area contributed by atoms with Gasteiger partial charge in [-0.05, 0) is 32.4 Å². The maximum Gasteiger partial charge on any atom is 0.339 e. The van der Waals surface area contributed by atoms with E-state index < -0.39 is 12.1 Å². The van der Waals surface area contributed by atoms with Crippen molar-refractivity contribution in [2.24, 2.45) is 0 Å². The van der Waals surface area contributed by atoms with Gasteiger partial charge in [-0.1, -0.05) is 17.7 Å². The molecular formula is C16H21NO4. The topological polar surface area (TPSA) is 55.8 Å². The van der Waals surface area contributed by atoms with Crippen molar-refractivity contribution in [1.29, 1.82) is 0 Å². The van der Waals surface area contributed by atoms with E-state index >= 15 is 0 Å². The summed E-state index contributed by atoms with van der Waals surface area (Å²) in [6.45, 7) is 7.53. The summed E-state index contributed by atoms with van der Waals surface area (Å²) in [5.41, 5.74) is 2.34. The first-order valence-electron chi connectivity index (χ1n) is 7.14. The van der Waals surface area contributed by atoms with Crippen LogP contribution >= 0.6 is 0 Å². The highest BCUT2D eigenvalue weighted by molar-refractivity contribution is 5.93. The van der Waals surface area contributed by atoms with Crippen LogP contribution in [0.2, 0.25) is 0 Å². The van der Waals surface area contributed by atoms with Crippen molar-refractivity contribution in [2.75, 3.05) is 26.3 Å². The smallest absolute Gasteiger partial charge is 0.339 e. The van der Waals surface area contributed by atoms with Gasteiger partial charge in [0.05, 0.1) is 18.8 Å². The second-order valence-corrected chi connectivity index (χ2v) is 5.30. The summed E-state index contributed by atoms with van der Waals surface area (Å²) in [4.78, 5) is 26.1. The fraction of sp³-hybridized carbons (Fsp3) is 0.500. The largest absolute Gasteiger partial charge is 0.449 e. The number of esters is 1. The van der Waals surface area contributed by atoms with Crippen LogP contribution in [0.15, 0.2) is 18.2 Å². The molecule has 1 atom stereocenters. The molecule has 0 spiro atoms. The van der Waals surface area contributed by atoms with Crippen molar-refractivity contribution in [3.8, 4) is 0 Å². The van der Waals surface area contributed by atoms with Crippen LogP contribution in [-0.2, 0) is 14.3 Å². The summed E-state index contributed by atoms with van der Waals surface area (Å²) in [5, 5.41) is 0. The Morgan fingerprint density at radius 2 is 1.90 bits per heavy atom. The first kappa shape index (κ1) is 15.5. The lowest BCUT2D eigenvalue weighted by atomic mass is 10.1. The summed E-state index contributed by atoms with van der Waals surface area (Å²) in [7, 11) is 0. The van der Waals surface area contributed by atoms with Gasteiger partial charge in [0.2, 0.25) is 0 Å². The van der Waals surface area contributed by atoms with Crippen molar-refractivity contribution in [3.63, 3.8) is 0 Å². The summed E-state index contributed by atoms with van der Waals surface area (Å²) >= 11 is 0. The molecule has 1 aliphatic rings. The van der Waals surface area contributed by atoms with Crippen LogP contribution < -0.4 is 0 Å². The lowest BCUT2D eigenvalue weighted by Crippen LogP contribution is -2.46. The molecule has 21 heavy (non-hydrogen) atoms. The predicted molar refractivity (Wildman–Crippen MR) is 78.2 cm³/mol. The van der Waals surface area contributed by atoms with Crippen LogP contribution in [0.1, 0.15) is 28.4 Å². The van der Waals surface area contributed by atoms with Gasteiger partial charge in [0, 0.05) is 13.1 Å². The second kappa shape index (κ2) is 6.72. The Balaban J connectivity index is 2.01. The summed E-state index contributed by atoms with van der Waals surface area (Å²) in [5.74, 6) is -0.623. The highest BCUT2D eigenvalue weighted by Gasteiger charge is 2.26. The number of morpholine rings is 1. The molecule has 5 nitrogen and oxygen atoms in total. The molecule has 1 fully saturated rings. The van der Waals surface area contributed by atoms with Crippen LogP contribution in [0.4, 0.5) is 0 Å². The average Bonchev–Trinajstić information content (AvgIpc) is 2.49. The number of ether oxygens (including phenoxy) is 2. The molecule has 1 unspecified atom stereocenters. The third kappa shape index (κ3) is 3.82.